The Morgan fingerprint density at radius 3 is 2.81 bits per heavy atom. The monoisotopic (exact) mass is 229 g/mol. The van der Waals surface area contributed by atoms with Gasteiger partial charge in [-0.05, 0) is 27.4 Å². The van der Waals surface area contributed by atoms with Crippen molar-refractivity contribution in [1.29, 1.82) is 0 Å². The maximum atomic E-state index is 11.8. The van der Waals surface area contributed by atoms with Crippen LogP contribution in [0.15, 0.2) is 0 Å². The Labute approximate surface area is 97.4 Å². The number of carbonyl (C=O) groups is 1. The molecule has 1 rings (SSSR count). The zero-order valence-corrected chi connectivity index (χ0v) is 10.4. The maximum Gasteiger partial charge on any atom is 0.239 e. The lowest BCUT2D eigenvalue weighted by Gasteiger charge is -2.27. The molecule has 94 valence electrons. The molecule has 0 aromatic rings. The van der Waals surface area contributed by atoms with Crippen LogP contribution >= 0.6 is 0 Å². The van der Waals surface area contributed by atoms with Gasteiger partial charge in [0.15, 0.2) is 0 Å². The number of aliphatic hydroxyl groups excluding tert-OH is 1. The van der Waals surface area contributed by atoms with E-state index in [1.807, 2.05) is 21.0 Å². The summed E-state index contributed by atoms with van der Waals surface area (Å²) in [6, 6.07) is -0.184. The third-order valence-corrected chi connectivity index (χ3v) is 2.99. The molecule has 1 amide bonds. The number of amides is 1. The largest absolute Gasteiger partial charge is 0.394 e. The predicted octanol–water partition coefficient (Wildman–Crippen LogP) is -0.881. The zero-order chi connectivity index (χ0) is 12.1. The van der Waals surface area contributed by atoms with Gasteiger partial charge < -0.3 is 15.3 Å². The van der Waals surface area contributed by atoms with Crippen molar-refractivity contribution >= 4 is 5.91 Å². The lowest BCUT2D eigenvalue weighted by Crippen LogP contribution is -2.49. The minimum Gasteiger partial charge on any atom is -0.394 e. The van der Waals surface area contributed by atoms with E-state index < -0.39 is 0 Å². The summed E-state index contributed by atoms with van der Waals surface area (Å²) in [4.78, 5) is 15.9. The summed E-state index contributed by atoms with van der Waals surface area (Å²) < 4.78 is 0. The van der Waals surface area contributed by atoms with Gasteiger partial charge in [-0.3, -0.25) is 9.69 Å². The highest BCUT2D eigenvalue weighted by Crippen LogP contribution is 2.08. The first kappa shape index (κ1) is 13.4. The van der Waals surface area contributed by atoms with Gasteiger partial charge >= 0.3 is 0 Å². The summed E-state index contributed by atoms with van der Waals surface area (Å²) in [5.41, 5.74) is 0. The van der Waals surface area contributed by atoms with Crippen LogP contribution in [0.2, 0.25) is 0 Å². The van der Waals surface area contributed by atoms with Crippen LogP contribution in [0.4, 0.5) is 0 Å². The van der Waals surface area contributed by atoms with Gasteiger partial charge in [0.2, 0.25) is 5.91 Å². The maximum absolute atomic E-state index is 11.8. The quantitative estimate of drug-likeness (QED) is 0.657. The van der Waals surface area contributed by atoms with Crippen LogP contribution in [0.3, 0.4) is 0 Å². The van der Waals surface area contributed by atoms with E-state index in [0.29, 0.717) is 0 Å². The molecule has 5 heteroatoms. The Hall–Kier alpha value is -0.650. The molecule has 1 fully saturated rings. The molecule has 1 aliphatic heterocycles. The lowest BCUT2D eigenvalue weighted by molar-refractivity contribution is -0.127. The molecule has 16 heavy (non-hydrogen) atoms. The molecular formula is C11H23N3O2. The van der Waals surface area contributed by atoms with E-state index in [2.05, 4.69) is 15.1 Å². The van der Waals surface area contributed by atoms with Gasteiger partial charge in [0.05, 0.1) is 6.61 Å². The Balaban J connectivity index is 2.60. The minimum atomic E-state index is -0.384. The summed E-state index contributed by atoms with van der Waals surface area (Å²) in [5, 5.41) is 12.2. The highest BCUT2D eigenvalue weighted by molar-refractivity contribution is 5.82. The summed E-state index contributed by atoms with van der Waals surface area (Å²) in [6.07, 6.45) is 0.940. The lowest BCUT2D eigenvalue weighted by atomic mass is 10.2. The molecule has 0 saturated carbocycles. The SMILES string of the molecule is CC1CCN(CCN(C)C)C(CO)C(=O)N1. The standard InChI is InChI=1S/C11H23N3O2/c1-9-4-5-14(7-6-13(2)3)10(8-15)11(16)12-9/h9-10,15H,4-8H2,1-3H3,(H,12,16). The smallest absolute Gasteiger partial charge is 0.239 e. The van der Waals surface area contributed by atoms with Gasteiger partial charge in [-0.2, -0.15) is 0 Å². The normalized spacial score (nSPS) is 27.9. The number of nitrogens with zero attached hydrogens (tertiary/aromatic N) is 2. The molecule has 1 saturated heterocycles. The Morgan fingerprint density at radius 2 is 2.25 bits per heavy atom. The number of rotatable bonds is 4. The molecule has 0 aliphatic carbocycles. The molecule has 0 spiro atoms. The zero-order valence-electron chi connectivity index (χ0n) is 10.4. The first-order chi connectivity index (χ1) is 7.54. The van der Waals surface area contributed by atoms with E-state index in [-0.39, 0.29) is 24.6 Å². The average Bonchev–Trinajstić information content (AvgIpc) is 2.34. The number of hydrogen-bond acceptors (Lipinski definition) is 4. The summed E-state index contributed by atoms with van der Waals surface area (Å²) in [6.45, 7) is 4.48. The Kier molecular flexibility index (Phi) is 5.18. The average molecular weight is 229 g/mol. The first-order valence-corrected chi connectivity index (χ1v) is 5.84. The number of nitrogens with one attached hydrogen (secondary N) is 1. The van der Waals surface area contributed by atoms with Crippen LogP contribution in [0.5, 0.6) is 0 Å². The second kappa shape index (κ2) is 6.18. The number of aliphatic hydroxyl groups is 1. The van der Waals surface area contributed by atoms with Crippen molar-refractivity contribution in [3.8, 4) is 0 Å². The van der Waals surface area contributed by atoms with E-state index in [4.69, 9.17) is 0 Å². The van der Waals surface area contributed by atoms with Crippen LogP contribution < -0.4 is 5.32 Å². The molecule has 1 aliphatic rings. The van der Waals surface area contributed by atoms with E-state index in [0.717, 1.165) is 26.1 Å². The third kappa shape index (κ3) is 3.73. The van der Waals surface area contributed by atoms with Gasteiger partial charge in [-0.15, -0.1) is 0 Å². The van der Waals surface area contributed by atoms with Gasteiger partial charge in [-0.1, -0.05) is 0 Å². The molecule has 1 heterocycles. The Morgan fingerprint density at radius 1 is 1.56 bits per heavy atom. The van der Waals surface area contributed by atoms with Crippen molar-refractivity contribution in [2.45, 2.75) is 25.4 Å². The number of hydrogen-bond donors (Lipinski definition) is 2. The molecule has 2 unspecified atom stereocenters. The van der Waals surface area contributed by atoms with Crippen LogP contribution in [-0.2, 0) is 4.79 Å². The van der Waals surface area contributed by atoms with Crippen LogP contribution in [0.1, 0.15) is 13.3 Å². The van der Waals surface area contributed by atoms with Crippen molar-refractivity contribution in [2.24, 2.45) is 0 Å². The van der Waals surface area contributed by atoms with Crippen molar-refractivity contribution in [2.75, 3.05) is 40.3 Å². The second-order valence-electron chi connectivity index (χ2n) is 4.74. The van der Waals surface area contributed by atoms with Crippen molar-refractivity contribution in [3.63, 3.8) is 0 Å². The number of likely N-dealkylation sites (N-methyl/N-ethyl adjacent to an activating group) is 1. The fourth-order valence-corrected chi connectivity index (χ4v) is 1.89. The summed E-state index contributed by atoms with van der Waals surface area (Å²) in [5.74, 6) is -0.0498. The highest BCUT2D eigenvalue weighted by Gasteiger charge is 2.29. The van der Waals surface area contributed by atoms with Gasteiger partial charge in [0.1, 0.15) is 6.04 Å². The first-order valence-electron chi connectivity index (χ1n) is 5.84. The molecule has 0 aromatic carbocycles. The van der Waals surface area contributed by atoms with Crippen molar-refractivity contribution in [1.82, 2.24) is 15.1 Å². The van der Waals surface area contributed by atoms with E-state index in [1.165, 1.54) is 0 Å². The van der Waals surface area contributed by atoms with Crippen LogP contribution in [0, 0.1) is 0 Å². The molecule has 0 radical (unpaired) electrons. The van der Waals surface area contributed by atoms with Gasteiger partial charge in [0.25, 0.3) is 0 Å². The van der Waals surface area contributed by atoms with E-state index >= 15 is 0 Å². The molecule has 0 bridgehead atoms. The Bertz CT molecular complexity index is 233. The fourth-order valence-electron chi connectivity index (χ4n) is 1.89. The van der Waals surface area contributed by atoms with Gasteiger partial charge in [0, 0.05) is 25.7 Å². The highest BCUT2D eigenvalue weighted by atomic mass is 16.3. The van der Waals surface area contributed by atoms with Crippen LogP contribution in [-0.4, -0.2) is 73.2 Å². The molecule has 0 aromatic heterocycles. The fraction of sp³-hybridized carbons (Fsp3) is 0.909. The second-order valence-corrected chi connectivity index (χ2v) is 4.74. The van der Waals surface area contributed by atoms with E-state index in [9.17, 15) is 9.90 Å². The van der Waals surface area contributed by atoms with E-state index in [1.54, 1.807) is 0 Å². The molecular weight excluding hydrogens is 206 g/mol. The number of carbonyl (C=O) groups excluding carboxylic acids is 1. The van der Waals surface area contributed by atoms with Crippen molar-refractivity contribution in [3.05, 3.63) is 0 Å². The third-order valence-electron chi connectivity index (χ3n) is 2.99. The van der Waals surface area contributed by atoms with Crippen LogP contribution in [0.25, 0.3) is 0 Å². The van der Waals surface area contributed by atoms with Gasteiger partial charge in [-0.25, -0.2) is 0 Å². The topological polar surface area (TPSA) is 55.8 Å². The summed E-state index contributed by atoms with van der Waals surface area (Å²) in [7, 11) is 4.02. The molecule has 5 nitrogen and oxygen atoms in total. The summed E-state index contributed by atoms with van der Waals surface area (Å²) >= 11 is 0. The molecule has 2 atom stereocenters. The predicted molar refractivity (Wildman–Crippen MR) is 63.2 cm³/mol. The minimum absolute atomic E-state index is 0.0498. The van der Waals surface area contributed by atoms with Crippen molar-refractivity contribution < 1.29 is 9.90 Å². The molecule has 2 N–H and O–H groups in total.